The van der Waals surface area contributed by atoms with Gasteiger partial charge in [-0.2, -0.15) is 0 Å². The van der Waals surface area contributed by atoms with Crippen molar-refractivity contribution in [1.29, 1.82) is 0 Å². The van der Waals surface area contributed by atoms with Crippen molar-refractivity contribution < 1.29 is 14.3 Å². The Morgan fingerprint density at radius 3 is 2.43 bits per heavy atom. The molecular weight excluding hydrogens is 313 g/mol. The Balaban J connectivity index is 2.19. The van der Waals surface area contributed by atoms with Gasteiger partial charge in [0.05, 0.1) is 24.9 Å². The van der Waals surface area contributed by atoms with Crippen LogP contribution in [-0.4, -0.2) is 25.0 Å². The number of carbonyl (C=O) groups is 1. The average Bonchev–Trinajstić information content (AvgIpc) is 2.84. The highest BCUT2D eigenvalue weighted by Gasteiger charge is 2.09. The number of benzene rings is 1. The zero-order valence-electron chi connectivity index (χ0n) is 11.4. The molecule has 2 rings (SSSR count). The number of rotatable bonds is 5. The summed E-state index contributed by atoms with van der Waals surface area (Å²) in [6, 6.07) is 6.85. The molecule has 6 heteroatoms. The maximum Gasteiger partial charge on any atom is 0.202 e. The van der Waals surface area contributed by atoms with Crippen LogP contribution in [0.2, 0.25) is 10.2 Å². The van der Waals surface area contributed by atoms with E-state index in [2.05, 4.69) is 4.98 Å². The molecule has 0 spiro atoms. The molecule has 110 valence electrons. The molecule has 1 heterocycles. The van der Waals surface area contributed by atoms with Gasteiger partial charge in [0.2, 0.25) is 5.78 Å². The molecule has 0 saturated carbocycles. The number of aromatic amines is 1. The Morgan fingerprint density at radius 2 is 1.86 bits per heavy atom. The molecule has 0 bridgehead atoms. The second-order valence-electron chi connectivity index (χ2n) is 4.16. The number of allylic oxidation sites excluding steroid dienone is 1. The van der Waals surface area contributed by atoms with Gasteiger partial charge < -0.3 is 14.5 Å². The Hall–Kier alpha value is -1.91. The van der Waals surface area contributed by atoms with E-state index in [0.717, 1.165) is 5.56 Å². The first-order chi connectivity index (χ1) is 10.0. The van der Waals surface area contributed by atoms with Crippen LogP contribution in [0.1, 0.15) is 16.1 Å². The fourth-order valence-electron chi connectivity index (χ4n) is 1.76. The predicted octanol–water partition coefficient (Wildman–Crippen LogP) is 4.23. The summed E-state index contributed by atoms with van der Waals surface area (Å²) in [5.74, 6) is 1.00. The van der Waals surface area contributed by atoms with E-state index in [1.807, 2.05) is 6.07 Å². The predicted molar refractivity (Wildman–Crippen MR) is 83.7 cm³/mol. The number of H-pyrrole nitrogens is 1. The molecule has 1 aromatic carbocycles. The molecule has 0 unspecified atom stereocenters. The molecule has 2 aromatic rings. The van der Waals surface area contributed by atoms with Crippen LogP contribution < -0.4 is 9.47 Å². The number of carbonyl (C=O) groups excluding carboxylic acids is 1. The lowest BCUT2D eigenvalue weighted by Crippen LogP contribution is -1.94. The van der Waals surface area contributed by atoms with E-state index in [1.54, 1.807) is 32.4 Å². The van der Waals surface area contributed by atoms with Crippen molar-refractivity contribution in [2.24, 2.45) is 0 Å². The summed E-state index contributed by atoms with van der Waals surface area (Å²) in [7, 11) is 3.12. The lowest BCUT2D eigenvalue weighted by molar-refractivity contribution is 0.104. The van der Waals surface area contributed by atoms with E-state index < -0.39 is 0 Å². The molecule has 4 nitrogen and oxygen atoms in total. The van der Waals surface area contributed by atoms with Gasteiger partial charge in [-0.1, -0.05) is 35.3 Å². The van der Waals surface area contributed by atoms with E-state index >= 15 is 0 Å². The first-order valence-corrected chi connectivity index (χ1v) is 6.79. The maximum atomic E-state index is 12.0. The van der Waals surface area contributed by atoms with Crippen molar-refractivity contribution in [3.8, 4) is 11.5 Å². The first-order valence-electron chi connectivity index (χ1n) is 6.03. The minimum Gasteiger partial charge on any atom is -0.493 e. The normalized spacial score (nSPS) is 10.9. The van der Waals surface area contributed by atoms with Crippen LogP contribution in [0.3, 0.4) is 0 Å². The third-order valence-corrected chi connectivity index (χ3v) is 3.52. The van der Waals surface area contributed by atoms with Crippen LogP contribution in [-0.2, 0) is 0 Å². The molecule has 0 atom stereocenters. The van der Waals surface area contributed by atoms with Gasteiger partial charge in [0, 0.05) is 0 Å². The van der Waals surface area contributed by atoms with Crippen molar-refractivity contribution in [2.45, 2.75) is 0 Å². The fraction of sp³-hybridized carbons (Fsp3) is 0.133. The van der Waals surface area contributed by atoms with E-state index in [9.17, 15) is 4.79 Å². The lowest BCUT2D eigenvalue weighted by atomic mass is 10.1. The highest BCUT2D eigenvalue weighted by molar-refractivity contribution is 6.41. The van der Waals surface area contributed by atoms with Crippen LogP contribution in [0.5, 0.6) is 11.5 Å². The lowest BCUT2D eigenvalue weighted by Gasteiger charge is -2.07. The largest absolute Gasteiger partial charge is 0.493 e. The summed E-state index contributed by atoms with van der Waals surface area (Å²) in [6.45, 7) is 0. The first kappa shape index (κ1) is 15.5. The minimum atomic E-state index is -0.224. The standard InChI is InChI=1S/C15H13Cl2NO3/c1-20-13-6-4-9(7-14(13)21-2)3-5-12(19)11-8-10(16)15(17)18-11/h3-8,18H,1-2H3/b5-3+. The number of ether oxygens (including phenoxy) is 2. The molecule has 0 aliphatic rings. The monoisotopic (exact) mass is 325 g/mol. The van der Waals surface area contributed by atoms with Gasteiger partial charge in [0.1, 0.15) is 5.15 Å². The number of halogens is 2. The second kappa shape index (κ2) is 6.70. The van der Waals surface area contributed by atoms with Gasteiger partial charge in [-0.05, 0) is 29.8 Å². The molecule has 0 aliphatic carbocycles. The van der Waals surface area contributed by atoms with Crippen molar-refractivity contribution in [2.75, 3.05) is 14.2 Å². The van der Waals surface area contributed by atoms with Crippen LogP contribution in [0.25, 0.3) is 6.08 Å². The van der Waals surface area contributed by atoms with Crippen molar-refractivity contribution in [3.05, 3.63) is 51.8 Å². The van der Waals surface area contributed by atoms with Crippen molar-refractivity contribution in [3.63, 3.8) is 0 Å². The number of methoxy groups -OCH3 is 2. The minimum absolute atomic E-state index is 0.224. The topological polar surface area (TPSA) is 51.3 Å². The number of hydrogen-bond acceptors (Lipinski definition) is 3. The maximum absolute atomic E-state index is 12.0. The third kappa shape index (κ3) is 3.60. The number of ketones is 1. The Bertz CT molecular complexity index is 673. The molecule has 0 fully saturated rings. The molecule has 21 heavy (non-hydrogen) atoms. The molecule has 0 saturated heterocycles. The van der Waals surface area contributed by atoms with Crippen LogP contribution in [0, 0.1) is 0 Å². The summed E-state index contributed by atoms with van der Waals surface area (Å²) in [5.41, 5.74) is 1.14. The zero-order valence-corrected chi connectivity index (χ0v) is 13.0. The van der Waals surface area contributed by atoms with Gasteiger partial charge >= 0.3 is 0 Å². The van der Waals surface area contributed by atoms with Gasteiger partial charge in [0.25, 0.3) is 0 Å². The van der Waals surface area contributed by atoms with Gasteiger partial charge in [-0.25, -0.2) is 0 Å². The number of hydrogen-bond donors (Lipinski definition) is 1. The van der Waals surface area contributed by atoms with E-state index in [4.69, 9.17) is 32.7 Å². The molecule has 0 amide bonds. The Morgan fingerprint density at radius 1 is 1.14 bits per heavy atom. The van der Waals surface area contributed by atoms with Crippen LogP contribution in [0.15, 0.2) is 30.3 Å². The molecule has 0 radical (unpaired) electrons. The SMILES string of the molecule is COc1ccc(/C=C/C(=O)c2cc(Cl)c(Cl)[nH]2)cc1OC. The van der Waals surface area contributed by atoms with Crippen molar-refractivity contribution in [1.82, 2.24) is 4.98 Å². The highest BCUT2D eigenvalue weighted by Crippen LogP contribution is 2.28. The summed E-state index contributed by atoms with van der Waals surface area (Å²) in [6.07, 6.45) is 3.10. The smallest absolute Gasteiger partial charge is 0.202 e. The van der Waals surface area contributed by atoms with Crippen LogP contribution in [0.4, 0.5) is 0 Å². The summed E-state index contributed by atoms with van der Waals surface area (Å²) in [4.78, 5) is 14.7. The second-order valence-corrected chi connectivity index (χ2v) is 4.94. The third-order valence-electron chi connectivity index (χ3n) is 2.83. The number of nitrogens with one attached hydrogen (secondary N) is 1. The molecule has 1 aromatic heterocycles. The summed E-state index contributed by atoms with van der Waals surface area (Å²) in [5, 5.41) is 0.569. The Kier molecular flexibility index (Phi) is 4.94. The quantitative estimate of drug-likeness (QED) is 0.661. The van der Waals surface area contributed by atoms with Gasteiger partial charge in [-0.15, -0.1) is 0 Å². The Labute approximate surface area is 132 Å². The molecular formula is C15H13Cl2NO3. The summed E-state index contributed by atoms with van der Waals surface area (Å²) >= 11 is 11.6. The fourth-order valence-corrected chi connectivity index (χ4v) is 2.07. The highest BCUT2D eigenvalue weighted by atomic mass is 35.5. The number of aromatic nitrogens is 1. The van der Waals surface area contributed by atoms with Crippen molar-refractivity contribution >= 4 is 35.1 Å². The van der Waals surface area contributed by atoms with E-state index in [-0.39, 0.29) is 10.9 Å². The van der Waals surface area contributed by atoms with Gasteiger partial charge in [0.15, 0.2) is 11.5 Å². The average molecular weight is 326 g/mol. The van der Waals surface area contributed by atoms with E-state index in [1.165, 1.54) is 12.1 Å². The van der Waals surface area contributed by atoms with Gasteiger partial charge in [-0.3, -0.25) is 4.79 Å². The zero-order chi connectivity index (χ0) is 15.4. The summed E-state index contributed by atoms with van der Waals surface area (Å²) < 4.78 is 10.4. The van der Waals surface area contributed by atoms with E-state index in [0.29, 0.717) is 22.2 Å². The molecule has 0 aliphatic heterocycles. The van der Waals surface area contributed by atoms with Crippen LogP contribution >= 0.6 is 23.2 Å². The molecule has 1 N–H and O–H groups in total.